The van der Waals surface area contributed by atoms with E-state index in [0.717, 1.165) is 16.8 Å². The minimum Gasteiger partial charge on any atom is -0.292 e. The molecule has 0 unspecified atom stereocenters. The van der Waals surface area contributed by atoms with Gasteiger partial charge >= 0.3 is 6.36 Å². The molecule has 5 nitrogen and oxygen atoms in total. The number of alkyl halides is 3. The van der Waals surface area contributed by atoms with Crippen molar-refractivity contribution >= 4 is 0 Å². The van der Waals surface area contributed by atoms with Gasteiger partial charge in [0, 0.05) is 18.0 Å². The molecule has 8 heteroatoms. The Morgan fingerprint density at radius 1 is 1.23 bits per heavy atom. The number of aromatic nitrogens is 4. The fourth-order valence-electron chi connectivity index (χ4n) is 2.43. The Labute approximate surface area is 124 Å². The molecule has 0 bridgehead atoms. The zero-order valence-corrected chi connectivity index (χ0v) is 11.7. The summed E-state index contributed by atoms with van der Waals surface area (Å²) in [5.41, 5.74) is 2.97. The average molecular weight is 310 g/mol. The maximum Gasteiger partial charge on any atom is 0.522 e. The Balaban J connectivity index is 1.75. The monoisotopic (exact) mass is 310 g/mol. The SMILES string of the molecule is Cc1nnc(-c2cncnc2)cc1[C@H]1C[C@@H]1COC(F)(F)F. The van der Waals surface area contributed by atoms with Gasteiger partial charge in [-0.3, -0.25) is 4.74 Å². The van der Waals surface area contributed by atoms with E-state index in [9.17, 15) is 13.2 Å². The molecule has 0 aliphatic heterocycles. The lowest BCUT2D eigenvalue weighted by Crippen LogP contribution is -2.15. The first kappa shape index (κ1) is 14.8. The molecule has 0 aromatic carbocycles. The number of hydrogen-bond acceptors (Lipinski definition) is 5. The summed E-state index contributed by atoms with van der Waals surface area (Å²) < 4.78 is 40.1. The Kier molecular flexibility index (Phi) is 3.78. The van der Waals surface area contributed by atoms with Crippen LogP contribution in [0.5, 0.6) is 0 Å². The second-order valence-corrected chi connectivity index (χ2v) is 5.26. The lowest BCUT2D eigenvalue weighted by Gasteiger charge is -2.08. The first-order chi connectivity index (χ1) is 10.4. The summed E-state index contributed by atoms with van der Waals surface area (Å²) in [6, 6.07) is 1.85. The molecule has 0 N–H and O–H groups in total. The Morgan fingerprint density at radius 3 is 2.64 bits per heavy atom. The number of rotatable bonds is 4. The van der Waals surface area contributed by atoms with Crippen LogP contribution in [0.2, 0.25) is 0 Å². The van der Waals surface area contributed by atoms with Crippen LogP contribution in [0, 0.1) is 12.8 Å². The second kappa shape index (κ2) is 5.60. The third-order valence-electron chi connectivity index (χ3n) is 3.66. The molecule has 0 saturated heterocycles. The van der Waals surface area contributed by atoms with Crippen LogP contribution in [0.15, 0.2) is 24.8 Å². The van der Waals surface area contributed by atoms with Gasteiger partial charge in [-0.1, -0.05) is 0 Å². The fourth-order valence-corrected chi connectivity index (χ4v) is 2.43. The van der Waals surface area contributed by atoms with Gasteiger partial charge in [0.25, 0.3) is 0 Å². The summed E-state index contributed by atoms with van der Waals surface area (Å²) in [6.45, 7) is 1.48. The smallest absolute Gasteiger partial charge is 0.292 e. The van der Waals surface area contributed by atoms with E-state index < -0.39 is 6.36 Å². The normalized spacial score (nSPS) is 20.9. The van der Waals surface area contributed by atoms with E-state index >= 15 is 0 Å². The van der Waals surface area contributed by atoms with Gasteiger partial charge in [0.1, 0.15) is 6.33 Å². The highest BCUT2D eigenvalue weighted by Gasteiger charge is 2.42. The summed E-state index contributed by atoms with van der Waals surface area (Å²) in [4.78, 5) is 7.84. The highest BCUT2D eigenvalue weighted by atomic mass is 19.4. The van der Waals surface area contributed by atoms with Crippen LogP contribution < -0.4 is 0 Å². The molecule has 2 aromatic heterocycles. The van der Waals surface area contributed by atoms with E-state index in [1.54, 1.807) is 19.3 Å². The van der Waals surface area contributed by atoms with Crippen molar-refractivity contribution in [2.75, 3.05) is 6.61 Å². The van der Waals surface area contributed by atoms with E-state index in [4.69, 9.17) is 0 Å². The largest absolute Gasteiger partial charge is 0.522 e. The molecule has 0 amide bonds. The quantitative estimate of drug-likeness (QED) is 0.869. The van der Waals surface area contributed by atoms with Crippen LogP contribution in [0.25, 0.3) is 11.3 Å². The van der Waals surface area contributed by atoms with Gasteiger partial charge in [-0.2, -0.15) is 10.2 Å². The minimum absolute atomic E-state index is 0.0289. The standard InChI is InChI=1S/C14H13F3N4O/c1-8-11(12-2-9(12)6-22-14(15,16)17)3-13(21-20-8)10-4-18-7-19-5-10/h3-5,7,9,12H,2,6H2,1H3/t9-,12+/m1/s1. The van der Waals surface area contributed by atoms with E-state index in [2.05, 4.69) is 24.9 Å². The molecule has 1 aliphatic carbocycles. The van der Waals surface area contributed by atoms with Crippen molar-refractivity contribution in [1.82, 2.24) is 20.2 Å². The Hall–Kier alpha value is -2.09. The van der Waals surface area contributed by atoms with Gasteiger partial charge in [0.2, 0.25) is 0 Å². The Morgan fingerprint density at radius 2 is 1.95 bits per heavy atom. The van der Waals surface area contributed by atoms with E-state index in [1.807, 2.05) is 6.07 Å². The van der Waals surface area contributed by atoms with E-state index in [1.165, 1.54) is 6.33 Å². The number of aryl methyl sites for hydroxylation is 1. The number of nitrogens with zero attached hydrogens (tertiary/aromatic N) is 4. The van der Waals surface area contributed by atoms with Gasteiger partial charge in [-0.15, -0.1) is 13.2 Å². The van der Waals surface area contributed by atoms with Gasteiger partial charge in [0.05, 0.1) is 18.0 Å². The highest BCUT2D eigenvalue weighted by Crippen LogP contribution is 2.49. The molecule has 1 saturated carbocycles. The molecule has 2 heterocycles. The van der Waals surface area contributed by atoms with Crippen LogP contribution >= 0.6 is 0 Å². The fraction of sp³-hybridized carbons (Fsp3) is 0.429. The first-order valence-electron chi connectivity index (χ1n) is 6.74. The number of hydrogen-bond donors (Lipinski definition) is 0. The van der Waals surface area contributed by atoms with Crippen molar-refractivity contribution in [2.45, 2.75) is 25.6 Å². The average Bonchev–Trinajstić information content (AvgIpc) is 3.25. The third kappa shape index (κ3) is 3.38. The van der Waals surface area contributed by atoms with Gasteiger partial charge in [0.15, 0.2) is 0 Å². The molecule has 0 spiro atoms. The third-order valence-corrected chi connectivity index (χ3v) is 3.66. The predicted molar refractivity (Wildman–Crippen MR) is 70.7 cm³/mol. The van der Waals surface area contributed by atoms with Gasteiger partial charge < -0.3 is 0 Å². The molecule has 2 aromatic rings. The molecule has 2 atom stereocenters. The first-order valence-corrected chi connectivity index (χ1v) is 6.74. The van der Waals surface area contributed by atoms with Crippen LogP contribution in [0.1, 0.15) is 23.6 Å². The second-order valence-electron chi connectivity index (χ2n) is 5.26. The van der Waals surface area contributed by atoms with Crippen molar-refractivity contribution in [1.29, 1.82) is 0 Å². The molecule has 1 aliphatic rings. The minimum atomic E-state index is -4.58. The lowest BCUT2D eigenvalue weighted by atomic mass is 10.1. The van der Waals surface area contributed by atoms with Gasteiger partial charge in [-0.25, -0.2) is 9.97 Å². The summed E-state index contributed by atoms with van der Waals surface area (Å²) in [5.74, 6) is -0.106. The van der Waals surface area contributed by atoms with Crippen LogP contribution in [0.4, 0.5) is 13.2 Å². The lowest BCUT2D eigenvalue weighted by molar-refractivity contribution is -0.326. The molecule has 1 fully saturated rings. The van der Waals surface area contributed by atoms with E-state index in [0.29, 0.717) is 12.1 Å². The zero-order chi connectivity index (χ0) is 15.7. The summed E-state index contributed by atoms with van der Waals surface area (Å²) in [6.07, 6.45) is 0.733. The van der Waals surface area contributed by atoms with Crippen molar-refractivity contribution in [3.8, 4) is 11.3 Å². The number of halogens is 3. The predicted octanol–water partition coefficient (Wildman–Crippen LogP) is 2.88. The summed E-state index contributed by atoms with van der Waals surface area (Å²) >= 11 is 0. The Bertz CT molecular complexity index is 663. The molecule has 3 rings (SSSR count). The molecular weight excluding hydrogens is 297 g/mol. The molecule has 22 heavy (non-hydrogen) atoms. The van der Waals surface area contributed by atoms with Crippen LogP contribution in [0.3, 0.4) is 0 Å². The van der Waals surface area contributed by atoms with Crippen molar-refractivity contribution in [3.63, 3.8) is 0 Å². The molecule has 116 valence electrons. The number of ether oxygens (including phenoxy) is 1. The van der Waals surface area contributed by atoms with E-state index in [-0.39, 0.29) is 18.4 Å². The van der Waals surface area contributed by atoms with Crippen molar-refractivity contribution < 1.29 is 17.9 Å². The van der Waals surface area contributed by atoms with Crippen LogP contribution in [-0.2, 0) is 4.74 Å². The van der Waals surface area contributed by atoms with Crippen LogP contribution in [-0.4, -0.2) is 33.1 Å². The summed E-state index contributed by atoms with van der Waals surface area (Å²) in [5, 5.41) is 8.18. The zero-order valence-electron chi connectivity index (χ0n) is 11.7. The maximum absolute atomic E-state index is 12.1. The molecule has 0 radical (unpaired) electrons. The van der Waals surface area contributed by atoms with Crippen molar-refractivity contribution in [2.24, 2.45) is 5.92 Å². The topological polar surface area (TPSA) is 60.8 Å². The van der Waals surface area contributed by atoms with Gasteiger partial charge in [-0.05, 0) is 36.8 Å². The molecular formula is C14H13F3N4O. The van der Waals surface area contributed by atoms with Crippen molar-refractivity contribution in [3.05, 3.63) is 36.0 Å². The maximum atomic E-state index is 12.1. The highest BCUT2D eigenvalue weighted by molar-refractivity contribution is 5.57. The summed E-state index contributed by atoms with van der Waals surface area (Å²) in [7, 11) is 0.